The lowest BCUT2D eigenvalue weighted by Crippen LogP contribution is -2.32. The van der Waals surface area contributed by atoms with Crippen molar-refractivity contribution in [2.75, 3.05) is 6.54 Å². The van der Waals surface area contributed by atoms with Gasteiger partial charge in [0.05, 0.1) is 12.4 Å². The van der Waals surface area contributed by atoms with E-state index in [0.717, 1.165) is 10.9 Å². The molecule has 0 aliphatic heterocycles. The molecule has 0 aliphatic rings. The first-order chi connectivity index (χ1) is 7.56. The van der Waals surface area contributed by atoms with Gasteiger partial charge >= 0.3 is 0 Å². The number of nitrogens with one attached hydrogen (secondary N) is 1. The first-order valence-electron chi connectivity index (χ1n) is 4.10. The van der Waals surface area contributed by atoms with Crippen LogP contribution < -0.4 is 10.9 Å². The molecule has 6 nitrogen and oxygen atoms in total. The number of halogens is 2. The van der Waals surface area contributed by atoms with Crippen molar-refractivity contribution in [3.05, 3.63) is 26.9 Å². The quantitative estimate of drug-likeness (QED) is 0.621. The van der Waals surface area contributed by atoms with Crippen LogP contribution >= 0.6 is 23.2 Å². The van der Waals surface area contributed by atoms with Gasteiger partial charge in [0.2, 0.25) is 5.91 Å². The molecule has 0 atom stereocenters. The predicted molar refractivity (Wildman–Crippen MR) is 57.1 cm³/mol. The molecule has 0 fully saturated rings. The van der Waals surface area contributed by atoms with Crippen molar-refractivity contribution < 1.29 is 4.79 Å². The van der Waals surface area contributed by atoms with Crippen molar-refractivity contribution >= 4 is 29.1 Å². The molecule has 1 heterocycles. The number of carbonyl (C=O) groups is 1. The topological polar surface area (TPSA) is 87.8 Å². The van der Waals surface area contributed by atoms with Gasteiger partial charge in [-0.1, -0.05) is 23.2 Å². The fraction of sp³-hybridized carbons (Fsp3) is 0.250. The maximum absolute atomic E-state index is 11.5. The largest absolute Gasteiger partial charge is 0.341 e. The van der Waals surface area contributed by atoms with Gasteiger partial charge in [0.25, 0.3) is 5.56 Å². The minimum absolute atomic E-state index is 0.111. The summed E-state index contributed by atoms with van der Waals surface area (Å²) in [5.74, 6) is -0.483. The molecule has 0 aliphatic carbocycles. The van der Waals surface area contributed by atoms with Gasteiger partial charge in [-0.15, -0.1) is 0 Å². The Kier molecular flexibility index (Phi) is 4.28. The molecule has 1 N–H and O–H groups in total. The van der Waals surface area contributed by atoms with Gasteiger partial charge in [0, 0.05) is 0 Å². The van der Waals surface area contributed by atoms with Crippen LogP contribution in [0.2, 0.25) is 10.2 Å². The van der Waals surface area contributed by atoms with Crippen LogP contribution in [-0.2, 0) is 11.3 Å². The smallest absolute Gasteiger partial charge is 0.274 e. The van der Waals surface area contributed by atoms with Crippen molar-refractivity contribution in [3.8, 4) is 6.07 Å². The highest BCUT2D eigenvalue weighted by molar-refractivity contribution is 6.40. The van der Waals surface area contributed by atoms with Crippen LogP contribution in [0.25, 0.3) is 0 Å². The monoisotopic (exact) mass is 260 g/mol. The number of nitriles is 1. The van der Waals surface area contributed by atoms with Gasteiger partial charge < -0.3 is 5.32 Å². The summed E-state index contributed by atoms with van der Waals surface area (Å²) in [6.45, 7) is -0.382. The predicted octanol–water partition coefficient (Wildman–Crippen LogP) is 0.190. The third-order valence-corrected chi connectivity index (χ3v) is 2.34. The number of aromatic nitrogens is 2. The van der Waals surface area contributed by atoms with E-state index in [9.17, 15) is 9.59 Å². The molecular formula is C8H6Cl2N4O2. The SMILES string of the molecule is N#CCNC(=O)Cn1cnc(Cl)c(Cl)c1=O. The summed E-state index contributed by atoms with van der Waals surface area (Å²) in [5.41, 5.74) is -0.603. The van der Waals surface area contributed by atoms with Crippen LogP contribution in [0.4, 0.5) is 0 Å². The normalized spacial score (nSPS) is 9.56. The number of nitrogens with zero attached hydrogens (tertiary/aromatic N) is 3. The Balaban J connectivity index is 2.84. The fourth-order valence-corrected chi connectivity index (χ4v) is 1.19. The number of hydrogen-bond acceptors (Lipinski definition) is 4. The van der Waals surface area contributed by atoms with Crippen molar-refractivity contribution in [1.29, 1.82) is 5.26 Å². The molecule has 0 bridgehead atoms. The zero-order chi connectivity index (χ0) is 12.1. The third kappa shape index (κ3) is 2.95. The molecule has 1 amide bonds. The molecule has 0 saturated carbocycles. The summed E-state index contributed by atoms with van der Waals surface area (Å²) in [5, 5.41) is 10.2. The Bertz CT molecular complexity index is 506. The van der Waals surface area contributed by atoms with Crippen LogP contribution in [0.15, 0.2) is 11.1 Å². The van der Waals surface area contributed by atoms with Crippen molar-refractivity contribution in [3.63, 3.8) is 0 Å². The maximum Gasteiger partial charge on any atom is 0.274 e. The summed E-state index contributed by atoms with van der Waals surface area (Å²) in [6, 6.07) is 1.74. The molecule has 0 radical (unpaired) electrons. The highest BCUT2D eigenvalue weighted by Crippen LogP contribution is 2.12. The second-order valence-electron chi connectivity index (χ2n) is 2.72. The Labute approximate surface area is 100 Å². The zero-order valence-electron chi connectivity index (χ0n) is 7.91. The van der Waals surface area contributed by atoms with Crippen LogP contribution in [0.3, 0.4) is 0 Å². The summed E-state index contributed by atoms with van der Waals surface area (Å²) in [6.07, 6.45) is 1.11. The van der Waals surface area contributed by atoms with Crippen LogP contribution in [0.1, 0.15) is 0 Å². The number of hydrogen-bond donors (Lipinski definition) is 1. The Hall–Kier alpha value is -1.58. The average molecular weight is 261 g/mol. The van der Waals surface area contributed by atoms with E-state index in [1.165, 1.54) is 0 Å². The van der Waals surface area contributed by atoms with E-state index in [1.807, 2.05) is 0 Å². The van der Waals surface area contributed by atoms with Crippen molar-refractivity contribution in [2.45, 2.75) is 6.54 Å². The lowest BCUT2D eigenvalue weighted by molar-refractivity contribution is -0.121. The molecule has 1 rings (SSSR count). The van der Waals surface area contributed by atoms with Crippen LogP contribution in [0.5, 0.6) is 0 Å². The third-order valence-electron chi connectivity index (χ3n) is 1.62. The highest BCUT2D eigenvalue weighted by atomic mass is 35.5. The lowest BCUT2D eigenvalue weighted by atomic mass is 10.5. The van der Waals surface area contributed by atoms with Gasteiger partial charge in [0.15, 0.2) is 5.15 Å². The molecule has 84 valence electrons. The second kappa shape index (κ2) is 5.49. The van der Waals surface area contributed by atoms with E-state index in [2.05, 4.69) is 10.3 Å². The summed E-state index contributed by atoms with van der Waals surface area (Å²) in [4.78, 5) is 26.3. The lowest BCUT2D eigenvalue weighted by Gasteiger charge is -2.05. The Morgan fingerprint density at radius 1 is 1.62 bits per heavy atom. The minimum Gasteiger partial charge on any atom is -0.341 e. The fourth-order valence-electron chi connectivity index (χ4n) is 0.905. The summed E-state index contributed by atoms with van der Waals surface area (Å²) < 4.78 is 1.00. The number of rotatable bonds is 3. The van der Waals surface area contributed by atoms with Gasteiger partial charge in [0.1, 0.15) is 18.1 Å². The van der Waals surface area contributed by atoms with E-state index < -0.39 is 11.5 Å². The van der Waals surface area contributed by atoms with Crippen molar-refractivity contribution in [1.82, 2.24) is 14.9 Å². The number of carbonyl (C=O) groups excluding carboxylic acids is 1. The average Bonchev–Trinajstić information content (AvgIpc) is 2.27. The summed E-state index contributed by atoms with van der Waals surface area (Å²) in [7, 11) is 0. The molecular weight excluding hydrogens is 255 g/mol. The zero-order valence-corrected chi connectivity index (χ0v) is 9.42. The molecule has 0 spiro atoms. The maximum atomic E-state index is 11.5. The standard InChI is InChI=1S/C8H6Cl2N4O2/c9-6-7(10)13-4-14(8(6)16)3-5(15)12-2-1-11/h4H,2-3H2,(H,12,15). The van der Waals surface area contributed by atoms with Gasteiger partial charge in [-0.3, -0.25) is 14.2 Å². The molecule has 1 aromatic heterocycles. The molecule has 8 heteroatoms. The van der Waals surface area contributed by atoms with Gasteiger partial charge in [-0.2, -0.15) is 5.26 Å². The molecule has 1 aromatic rings. The second-order valence-corrected chi connectivity index (χ2v) is 3.45. The first-order valence-corrected chi connectivity index (χ1v) is 4.86. The molecule has 16 heavy (non-hydrogen) atoms. The van der Waals surface area contributed by atoms with E-state index in [4.69, 9.17) is 28.5 Å². The summed E-state index contributed by atoms with van der Waals surface area (Å²) >= 11 is 11.1. The number of amides is 1. The Morgan fingerprint density at radius 2 is 2.31 bits per heavy atom. The van der Waals surface area contributed by atoms with Crippen LogP contribution in [0, 0.1) is 11.3 Å². The molecule has 0 aromatic carbocycles. The van der Waals surface area contributed by atoms with Crippen LogP contribution in [-0.4, -0.2) is 22.0 Å². The highest BCUT2D eigenvalue weighted by Gasteiger charge is 2.09. The van der Waals surface area contributed by atoms with E-state index in [0.29, 0.717) is 0 Å². The van der Waals surface area contributed by atoms with Gasteiger partial charge in [-0.05, 0) is 0 Å². The van der Waals surface area contributed by atoms with E-state index >= 15 is 0 Å². The minimum atomic E-state index is -0.603. The van der Waals surface area contributed by atoms with Gasteiger partial charge in [-0.25, -0.2) is 4.98 Å². The molecule has 0 saturated heterocycles. The first kappa shape index (κ1) is 12.5. The van der Waals surface area contributed by atoms with E-state index in [-0.39, 0.29) is 23.3 Å². The Morgan fingerprint density at radius 3 is 2.94 bits per heavy atom. The molecule has 0 unspecified atom stereocenters. The van der Waals surface area contributed by atoms with Crippen molar-refractivity contribution in [2.24, 2.45) is 0 Å². The van der Waals surface area contributed by atoms with E-state index in [1.54, 1.807) is 6.07 Å².